The third-order valence-electron chi connectivity index (χ3n) is 9.04. The fourth-order valence-corrected chi connectivity index (χ4v) is 7.12. The van der Waals surface area contributed by atoms with E-state index in [4.69, 9.17) is 0 Å². The summed E-state index contributed by atoms with van der Waals surface area (Å²) in [7, 11) is 0. The Balaban J connectivity index is 1.26. The van der Waals surface area contributed by atoms with Gasteiger partial charge in [-0.25, -0.2) is 0 Å². The number of unbranched alkanes of at least 4 members (excludes halogenated alkanes) is 1. The molecule has 0 aliphatic heterocycles. The van der Waals surface area contributed by atoms with E-state index in [0.29, 0.717) is 0 Å². The number of rotatable bonds is 6. The van der Waals surface area contributed by atoms with Crippen molar-refractivity contribution in [2.45, 2.75) is 110 Å². The molecule has 28 heavy (non-hydrogen) atoms. The van der Waals surface area contributed by atoms with E-state index in [0.717, 1.165) is 41.9 Å². The molecule has 1 aromatic rings. The van der Waals surface area contributed by atoms with Gasteiger partial charge in [-0.15, -0.1) is 0 Å². The van der Waals surface area contributed by atoms with Gasteiger partial charge >= 0.3 is 0 Å². The second-order valence-corrected chi connectivity index (χ2v) is 10.6. The average molecular weight is 381 g/mol. The summed E-state index contributed by atoms with van der Waals surface area (Å²) in [5.41, 5.74) is 3.12. The lowest BCUT2D eigenvalue weighted by Gasteiger charge is -2.45. The minimum Gasteiger partial charge on any atom is -0.0654 e. The van der Waals surface area contributed by atoms with Crippen molar-refractivity contribution in [2.75, 3.05) is 0 Å². The predicted molar refractivity (Wildman–Crippen MR) is 122 cm³/mol. The second kappa shape index (κ2) is 9.82. The van der Waals surface area contributed by atoms with E-state index < -0.39 is 0 Å². The van der Waals surface area contributed by atoms with Crippen LogP contribution in [0.15, 0.2) is 24.3 Å². The van der Waals surface area contributed by atoms with Crippen molar-refractivity contribution in [3.05, 3.63) is 35.4 Å². The summed E-state index contributed by atoms with van der Waals surface area (Å²) in [6, 6.07) is 9.61. The molecular formula is C28H44. The van der Waals surface area contributed by atoms with Crippen molar-refractivity contribution in [2.24, 2.45) is 29.6 Å². The van der Waals surface area contributed by atoms with Crippen LogP contribution in [0.4, 0.5) is 0 Å². The zero-order valence-electron chi connectivity index (χ0n) is 18.7. The van der Waals surface area contributed by atoms with Crippen LogP contribution in [0.3, 0.4) is 0 Å². The lowest BCUT2D eigenvalue weighted by Crippen LogP contribution is -2.34. The Bertz CT molecular complexity index is 577. The Labute approximate surface area is 174 Å². The Morgan fingerprint density at radius 2 is 1.29 bits per heavy atom. The van der Waals surface area contributed by atoms with Gasteiger partial charge in [-0.05, 0) is 104 Å². The van der Waals surface area contributed by atoms with E-state index in [1.54, 1.807) is 44.1 Å². The maximum atomic E-state index is 2.44. The van der Waals surface area contributed by atoms with Crippen molar-refractivity contribution in [1.82, 2.24) is 0 Å². The molecule has 4 atom stereocenters. The zero-order valence-corrected chi connectivity index (χ0v) is 18.7. The fraction of sp³-hybridized carbons (Fsp3) is 0.786. The zero-order chi connectivity index (χ0) is 19.3. The van der Waals surface area contributed by atoms with Crippen LogP contribution in [-0.4, -0.2) is 0 Å². The lowest BCUT2D eigenvalue weighted by atomic mass is 9.60. The summed E-state index contributed by atoms with van der Waals surface area (Å²) < 4.78 is 0. The topological polar surface area (TPSA) is 0 Å². The van der Waals surface area contributed by atoms with Crippen LogP contribution < -0.4 is 0 Å². The van der Waals surface area contributed by atoms with Gasteiger partial charge in [0.2, 0.25) is 0 Å². The number of aryl methyl sites for hydroxylation is 1. The minimum atomic E-state index is 0.845. The van der Waals surface area contributed by atoms with E-state index in [2.05, 4.69) is 38.1 Å². The van der Waals surface area contributed by atoms with Gasteiger partial charge in [0.05, 0.1) is 0 Å². The van der Waals surface area contributed by atoms with Crippen LogP contribution in [0.25, 0.3) is 0 Å². The maximum Gasteiger partial charge on any atom is -0.0159 e. The summed E-state index contributed by atoms with van der Waals surface area (Å²) in [5.74, 6) is 6.16. The van der Waals surface area contributed by atoms with Gasteiger partial charge in [0.25, 0.3) is 0 Å². The van der Waals surface area contributed by atoms with Crippen LogP contribution in [0, 0.1) is 29.6 Å². The molecule has 1 aromatic carbocycles. The first-order valence-electron chi connectivity index (χ1n) is 12.9. The standard InChI is InChI=1S/C28H44/c1-3-5-6-22-9-13-24(14-10-22)26-16-18-27-19-25(15-17-28(27)20-26)23-11-7-21(4-2)8-12-23/h7-8,11-12,22,24-28H,3-6,9-10,13-20H2,1-2H3. The molecule has 3 aliphatic rings. The second-order valence-electron chi connectivity index (χ2n) is 10.6. The molecule has 156 valence electrons. The van der Waals surface area contributed by atoms with E-state index in [-0.39, 0.29) is 0 Å². The van der Waals surface area contributed by atoms with Gasteiger partial charge in [0, 0.05) is 0 Å². The number of hydrogen-bond acceptors (Lipinski definition) is 0. The Morgan fingerprint density at radius 3 is 1.96 bits per heavy atom. The normalized spacial score (nSPS) is 36.1. The molecule has 0 radical (unpaired) electrons. The molecule has 0 heteroatoms. The highest BCUT2D eigenvalue weighted by Gasteiger charge is 2.38. The van der Waals surface area contributed by atoms with Gasteiger partial charge < -0.3 is 0 Å². The highest BCUT2D eigenvalue weighted by molar-refractivity contribution is 5.26. The maximum absolute atomic E-state index is 2.44. The van der Waals surface area contributed by atoms with E-state index >= 15 is 0 Å². The minimum absolute atomic E-state index is 0.845. The summed E-state index contributed by atoms with van der Waals surface area (Å²) in [4.78, 5) is 0. The first-order valence-corrected chi connectivity index (χ1v) is 12.9. The lowest BCUT2D eigenvalue weighted by molar-refractivity contribution is 0.0711. The van der Waals surface area contributed by atoms with Crippen molar-refractivity contribution in [1.29, 1.82) is 0 Å². The molecule has 0 N–H and O–H groups in total. The molecule has 0 bridgehead atoms. The van der Waals surface area contributed by atoms with Gasteiger partial charge in [-0.1, -0.05) is 70.2 Å². The van der Waals surface area contributed by atoms with Crippen LogP contribution in [0.1, 0.15) is 114 Å². The van der Waals surface area contributed by atoms with Crippen LogP contribution in [-0.2, 0) is 6.42 Å². The van der Waals surface area contributed by atoms with Crippen LogP contribution in [0.2, 0.25) is 0 Å². The number of benzene rings is 1. The molecule has 4 unspecified atom stereocenters. The van der Waals surface area contributed by atoms with Gasteiger partial charge in [-0.3, -0.25) is 0 Å². The first-order chi connectivity index (χ1) is 13.8. The largest absolute Gasteiger partial charge is 0.0654 e. The van der Waals surface area contributed by atoms with Crippen LogP contribution >= 0.6 is 0 Å². The Kier molecular flexibility index (Phi) is 7.18. The molecule has 0 aromatic heterocycles. The predicted octanol–water partition coefficient (Wildman–Crippen LogP) is 8.55. The molecule has 0 saturated heterocycles. The summed E-state index contributed by atoms with van der Waals surface area (Å²) in [6.07, 6.45) is 20.8. The monoisotopic (exact) mass is 380 g/mol. The Hall–Kier alpha value is -0.780. The van der Waals surface area contributed by atoms with E-state index in [1.807, 2.05) is 0 Å². The van der Waals surface area contributed by atoms with Crippen molar-refractivity contribution in [3.63, 3.8) is 0 Å². The van der Waals surface area contributed by atoms with Gasteiger partial charge in [0.15, 0.2) is 0 Å². The molecule has 0 heterocycles. The van der Waals surface area contributed by atoms with E-state index in [9.17, 15) is 0 Å². The molecule has 0 amide bonds. The molecule has 3 aliphatic carbocycles. The van der Waals surface area contributed by atoms with Gasteiger partial charge in [-0.2, -0.15) is 0 Å². The van der Waals surface area contributed by atoms with Gasteiger partial charge in [0.1, 0.15) is 0 Å². The van der Waals surface area contributed by atoms with Crippen molar-refractivity contribution < 1.29 is 0 Å². The first kappa shape index (κ1) is 20.5. The SMILES string of the molecule is CCCCC1CCC(C2CCC3CC(c4ccc(CC)cc4)CCC3C2)CC1. The van der Waals surface area contributed by atoms with E-state index in [1.165, 1.54) is 50.5 Å². The Morgan fingerprint density at radius 1 is 0.679 bits per heavy atom. The highest BCUT2D eigenvalue weighted by Crippen LogP contribution is 2.51. The van der Waals surface area contributed by atoms with Crippen LogP contribution in [0.5, 0.6) is 0 Å². The molecule has 0 spiro atoms. The third kappa shape index (κ3) is 4.85. The molecule has 3 saturated carbocycles. The van der Waals surface area contributed by atoms with Crippen molar-refractivity contribution >= 4 is 0 Å². The number of fused-ring (bicyclic) bond motifs is 1. The molecule has 0 nitrogen and oxygen atoms in total. The molecular weight excluding hydrogens is 336 g/mol. The summed E-state index contributed by atoms with van der Waals surface area (Å²) in [5, 5.41) is 0. The quantitative estimate of drug-likeness (QED) is 0.463. The summed E-state index contributed by atoms with van der Waals surface area (Å²) >= 11 is 0. The van der Waals surface area contributed by atoms with Crippen molar-refractivity contribution in [3.8, 4) is 0 Å². The molecule has 3 fully saturated rings. The average Bonchev–Trinajstić information content (AvgIpc) is 2.77. The smallest absolute Gasteiger partial charge is 0.0159 e. The third-order valence-corrected chi connectivity index (χ3v) is 9.04. The number of hydrogen-bond donors (Lipinski definition) is 0. The fourth-order valence-electron chi connectivity index (χ4n) is 7.12. The molecule has 4 rings (SSSR count). The highest BCUT2D eigenvalue weighted by atomic mass is 14.4. The summed E-state index contributed by atoms with van der Waals surface area (Å²) in [6.45, 7) is 4.61.